The summed E-state index contributed by atoms with van der Waals surface area (Å²) >= 11 is 0. The van der Waals surface area contributed by atoms with E-state index in [4.69, 9.17) is 14.5 Å². The molecular formula is C14H20N2O3. The molecule has 2 aliphatic rings. The molecule has 5 nitrogen and oxygen atoms in total. The Kier molecular flexibility index (Phi) is 4.30. The summed E-state index contributed by atoms with van der Waals surface area (Å²) in [7, 11) is 0. The van der Waals surface area contributed by atoms with Crippen molar-refractivity contribution in [2.24, 2.45) is 5.92 Å². The minimum atomic E-state index is 0.0783. The number of para-hydroxylation sites is 1. The number of ether oxygens (including phenoxy) is 1. The molecule has 3 rings (SSSR count). The summed E-state index contributed by atoms with van der Waals surface area (Å²) in [6.45, 7) is 4.78. The van der Waals surface area contributed by atoms with Crippen molar-refractivity contribution in [3.8, 4) is 0 Å². The van der Waals surface area contributed by atoms with Crippen molar-refractivity contribution in [3.63, 3.8) is 0 Å². The van der Waals surface area contributed by atoms with Crippen LogP contribution in [0.1, 0.15) is 0 Å². The highest BCUT2D eigenvalue weighted by atomic mass is 17.2. The van der Waals surface area contributed by atoms with Gasteiger partial charge in [0.1, 0.15) is 6.23 Å². The maximum Gasteiger partial charge on any atom is 0.125 e. The first-order chi connectivity index (χ1) is 9.42. The van der Waals surface area contributed by atoms with Gasteiger partial charge < -0.3 is 9.64 Å². The molecule has 1 N–H and O–H groups in total. The van der Waals surface area contributed by atoms with Crippen LogP contribution in [0.25, 0.3) is 0 Å². The van der Waals surface area contributed by atoms with Gasteiger partial charge in [-0.1, -0.05) is 18.2 Å². The van der Waals surface area contributed by atoms with Gasteiger partial charge in [0.25, 0.3) is 0 Å². The van der Waals surface area contributed by atoms with Crippen LogP contribution in [0.5, 0.6) is 0 Å². The zero-order valence-electron chi connectivity index (χ0n) is 11.0. The second-order valence-electron chi connectivity index (χ2n) is 4.99. The quantitative estimate of drug-likeness (QED) is 0.822. The van der Waals surface area contributed by atoms with Crippen LogP contribution in [-0.2, 0) is 14.5 Å². The van der Waals surface area contributed by atoms with E-state index in [2.05, 4.69) is 34.5 Å². The van der Waals surface area contributed by atoms with E-state index < -0.39 is 0 Å². The molecule has 2 fully saturated rings. The van der Waals surface area contributed by atoms with E-state index >= 15 is 0 Å². The standard InChI is InChI=1S/C14H20N2O3/c1-2-4-13(5-3-1)16-7-6-15-14(8-16)17-9-12-10-18-19-11-12/h1-5,12,14-15H,6-11H2. The summed E-state index contributed by atoms with van der Waals surface area (Å²) < 4.78 is 5.91. The lowest BCUT2D eigenvalue weighted by atomic mass is 10.2. The van der Waals surface area contributed by atoms with Gasteiger partial charge in [-0.25, -0.2) is 9.78 Å². The number of hydrogen-bond acceptors (Lipinski definition) is 5. The first-order valence-corrected chi connectivity index (χ1v) is 6.81. The molecule has 5 heteroatoms. The summed E-state index contributed by atoms with van der Waals surface area (Å²) in [4.78, 5) is 12.1. The van der Waals surface area contributed by atoms with Crippen LogP contribution < -0.4 is 10.2 Å². The van der Waals surface area contributed by atoms with Crippen LogP contribution in [0.3, 0.4) is 0 Å². The average Bonchev–Trinajstić information content (AvgIpc) is 3.00. The molecule has 1 aromatic rings. The molecule has 0 radical (unpaired) electrons. The Bertz CT molecular complexity index is 382. The second kappa shape index (κ2) is 6.34. The highest BCUT2D eigenvalue weighted by molar-refractivity contribution is 5.46. The molecule has 0 aliphatic carbocycles. The molecule has 1 unspecified atom stereocenters. The molecule has 2 aliphatic heterocycles. The van der Waals surface area contributed by atoms with Crippen molar-refractivity contribution >= 4 is 5.69 Å². The highest BCUT2D eigenvalue weighted by Crippen LogP contribution is 2.16. The van der Waals surface area contributed by atoms with Gasteiger partial charge in [0.05, 0.1) is 26.4 Å². The van der Waals surface area contributed by atoms with Crippen LogP contribution in [-0.4, -0.2) is 45.7 Å². The lowest BCUT2D eigenvalue weighted by Crippen LogP contribution is -2.52. The lowest BCUT2D eigenvalue weighted by Gasteiger charge is -2.35. The second-order valence-corrected chi connectivity index (χ2v) is 4.99. The largest absolute Gasteiger partial charge is 0.366 e. The van der Waals surface area contributed by atoms with E-state index in [9.17, 15) is 0 Å². The number of nitrogens with one attached hydrogen (secondary N) is 1. The van der Waals surface area contributed by atoms with Crippen molar-refractivity contribution in [2.45, 2.75) is 6.23 Å². The predicted octanol–water partition coefficient (Wildman–Crippen LogP) is 1.02. The third kappa shape index (κ3) is 3.45. The van der Waals surface area contributed by atoms with E-state index in [0.29, 0.717) is 25.7 Å². The first kappa shape index (κ1) is 12.9. The van der Waals surface area contributed by atoms with Crippen LogP contribution in [0.15, 0.2) is 30.3 Å². The number of rotatable bonds is 4. The molecule has 0 saturated carbocycles. The number of hydrogen-bond donors (Lipinski definition) is 1. The molecule has 0 aromatic heterocycles. The molecule has 0 amide bonds. The first-order valence-electron chi connectivity index (χ1n) is 6.81. The van der Waals surface area contributed by atoms with Crippen LogP contribution in [0, 0.1) is 5.92 Å². The van der Waals surface area contributed by atoms with Gasteiger partial charge in [-0.2, -0.15) is 0 Å². The zero-order valence-corrected chi connectivity index (χ0v) is 11.0. The molecule has 2 heterocycles. The fourth-order valence-electron chi connectivity index (χ4n) is 2.39. The van der Waals surface area contributed by atoms with Crippen LogP contribution in [0.2, 0.25) is 0 Å². The van der Waals surface area contributed by atoms with Gasteiger partial charge in [-0.3, -0.25) is 5.32 Å². The Hall–Kier alpha value is -1.14. The van der Waals surface area contributed by atoms with E-state index in [1.807, 2.05) is 6.07 Å². The topological polar surface area (TPSA) is 43.0 Å². The lowest BCUT2D eigenvalue weighted by molar-refractivity contribution is -0.248. The van der Waals surface area contributed by atoms with E-state index in [-0.39, 0.29) is 6.23 Å². The minimum absolute atomic E-state index is 0.0783. The molecule has 19 heavy (non-hydrogen) atoms. The fourth-order valence-corrected chi connectivity index (χ4v) is 2.39. The smallest absolute Gasteiger partial charge is 0.125 e. The van der Waals surface area contributed by atoms with Gasteiger partial charge in [-0.05, 0) is 12.1 Å². The predicted molar refractivity (Wildman–Crippen MR) is 71.8 cm³/mol. The molecule has 1 aromatic carbocycles. The summed E-state index contributed by atoms with van der Waals surface area (Å²) in [6.07, 6.45) is 0.0783. The van der Waals surface area contributed by atoms with Crippen LogP contribution >= 0.6 is 0 Å². The number of piperazine rings is 1. The molecule has 0 spiro atoms. The zero-order chi connectivity index (χ0) is 12.9. The number of nitrogens with zero attached hydrogens (tertiary/aromatic N) is 1. The SMILES string of the molecule is c1ccc(N2CCNC(OCC3COOC3)C2)cc1. The van der Waals surface area contributed by atoms with Crippen molar-refractivity contribution in [1.29, 1.82) is 0 Å². The Balaban J connectivity index is 1.50. The number of anilines is 1. The average molecular weight is 264 g/mol. The third-order valence-corrected chi connectivity index (χ3v) is 3.49. The van der Waals surface area contributed by atoms with E-state index in [1.54, 1.807) is 0 Å². The van der Waals surface area contributed by atoms with Crippen molar-refractivity contribution < 1.29 is 14.5 Å². The van der Waals surface area contributed by atoms with Crippen molar-refractivity contribution in [1.82, 2.24) is 5.32 Å². The van der Waals surface area contributed by atoms with Crippen molar-refractivity contribution in [3.05, 3.63) is 30.3 Å². The minimum Gasteiger partial charge on any atom is -0.366 e. The van der Waals surface area contributed by atoms with Gasteiger partial charge in [0.15, 0.2) is 0 Å². The fraction of sp³-hybridized carbons (Fsp3) is 0.571. The van der Waals surface area contributed by atoms with Crippen LogP contribution in [0.4, 0.5) is 5.69 Å². The van der Waals surface area contributed by atoms with Gasteiger partial charge in [-0.15, -0.1) is 0 Å². The van der Waals surface area contributed by atoms with E-state index in [0.717, 1.165) is 19.6 Å². The molecule has 2 saturated heterocycles. The molecule has 104 valence electrons. The van der Waals surface area contributed by atoms with Gasteiger partial charge in [0.2, 0.25) is 0 Å². The Morgan fingerprint density at radius 1 is 1.21 bits per heavy atom. The summed E-state index contributed by atoms with van der Waals surface area (Å²) in [5, 5.41) is 3.40. The summed E-state index contributed by atoms with van der Waals surface area (Å²) in [6, 6.07) is 10.5. The Labute approximate surface area is 113 Å². The normalized spacial score (nSPS) is 24.8. The summed E-state index contributed by atoms with van der Waals surface area (Å²) in [5.74, 6) is 0.355. The molecule has 0 bridgehead atoms. The third-order valence-electron chi connectivity index (χ3n) is 3.49. The molecular weight excluding hydrogens is 244 g/mol. The highest BCUT2D eigenvalue weighted by Gasteiger charge is 2.23. The van der Waals surface area contributed by atoms with Gasteiger partial charge >= 0.3 is 0 Å². The van der Waals surface area contributed by atoms with Crippen molar-refractivity contribution in [2.75, 3.05) is 44.4 Å². The molecule has 1 atom stereocenters. The summed E-state index contributed by atoms with van der Waals surface area (Å²) in [5.41, 5.74) is 1.25. The Morgan fingerprint density at radius 2 is 2.00 bits per heavy atom. The maximum atomic E-state index is 5.91. The maximum absolute atomic E-state index is 5.91. The van der Waals surface area contributed by atoms with E-state index in [1.165, 1.54) is 5.69 Å². The monoisotopic (exact) mass is 264 g/mol. The number of benzene rings is 1. The Morgan fingerprint density at radius 3 is 2.79 bits per heavy atom. The van der Waals surface area contributed by atoms with Gasteiger partial charge in [0, 0.05) is 24.7 Å².